The van der Waals surface area contributed by atoms with Crippen LogP contribution in [-0.2, 0) is 16.0 Å². The number of hydrogen-bond acceptors (Lipinski definition) is 5. The van der Waals surface area contributed by atoms with Crippen molar-refractivity contribution in [2.75, 3.05) is 0 Å². The van der Waals surface area contributed by atoms with Crippen molar-refractivity contribution < 1.29 is 19.1 Å². The molecule has 0 radical (unpaired) electrons. The molecule has 26 heavy (non-hydrogen) atoms. The van der Waals surface area contributed by atoms with E-state index in [0.717, 1.165) is 5.56 Å². The van der Waals surface area contributed by atoms with Gasteiger partial charge in [0.15, 0.2) is 0 Å². The summed E-state index contributed by atoms with van der Waals surface area (Å²) in [5, 5.41) is 3.89. The molecule has 0 unspecified atom stereocenters. The van der Waals surface area contributed by atoms with E-state index in [1.54, 1.807) is 35.6 Å². The highest BCUT2D eigenvalue weighted by Crippen LogP contribution is 2.32. The Morgan fingerprint density at radius 1 is 1.04 bits per heavy atom. The monoisotopic (exact) mass is 369 g/mol. The Kier molecular flexibility index (Phi) is 4.59. The fourth-order valence-corrected chi connectivity index (χ4v) is 4.42. The molecule has 0 bridgehead atoms. The van der Waals surface area contributed by atoms with Gasteiger partial charge in [0, 0.05) is 6.04 Å². The maximum atomic E-state index is 12.6. The van der Waals surface area contributed by atoms with E-state index in [2.05, 4.69) is 0 Å². The summed E-state index contributed by atoms with van der Waals surface area (Å²) in [4.78, 5) is 38.6. The molecule has 1 fully saturated rings. The predicted molar refractivity (Wildman–Crippen MR) is 97.1 cm³/mol. The lowest BCUT2D eigenvalue weighted by Gasteiger charge is -2.33. The minimum absolute atomic E-state index is 0.116. The van der Waals surface area contributed by atoms with E-state index >= 15 is 0 Å². The molecule has 2 heterocycles. The van der Waals surface area contributed by atoms with E-state index in [-0.39, 0.29) is 29.9 Å². The van der Waals surface area contributed by atoms with Crippen LogP contribution in [0.5, 0.6) is 0 Å². The minimum atomic E-state index is -0.215. The first-order valence-electron chi connectivity index (χ1n) is 8.81. The van der Waals surface area contributed by atoms with Crippen molar-refractivity contribution >= 4 is 29.1 Å². The number of hydrogen-bond donors (Lipinski definition) is 0. The summed E-state index contributed by atoms with van der Waals surface area (Å²) >= 11 is 1.56. The Bertz CT molecular complexity index is 802. The van der Waals surface area contributed by atoms with E-state index in [1.165, 1.54) is 4.90 Å². The maximum absolute atomic E-state index is 12.6. The first-order valence-corrected chi connectivity index (χ1v) is 9.75. The van der Waals surface area contributed by atoms with Crippen LogP contribution in [0.1, 0.15) is 52.0 Å². The molecular weight excluding hydrogens is 350 g/mol. The van der Waals surface area contributed by atoms with Gasteiger partial charge in [-0.25, -0.2) is 0 Å². The van der Waals surface area contributed by atoms with E-state index in [9.17, 15) is 14.4 Å². The summed E-state index contributed by atoms with van der Waals surface area (Å²) in [6.07, 6.45) is 2.85. The van der Waals surface area contributed by atoms with Gasteiger partial charge < -0.3 is 4.74 Å². The Hall–Kier alpha value is -2.47. The van der Waals surface area contributed by atoms with Crippen molar-refractivity contribution in [3.63, 3.8) is 0 Å². The first kappa shape index (κ1) is 17.0. The van der Waals surface area contributed by atoms with Crippen molar-refractivity contribution in [1.29, 1.82) is 0 Å². The Labute approximate surface area is 155 Å². The number of rotatable bonds is 4. The summed E-state index contributed by atoms with van der Waals surface area (Å²) in [5.74, 6) is -0.625. The van der Waals surface area contributed by atoms with Crippen molar-refractivity contribution in [1.82, 2.24) is 4.90 Å². The molecule has 0 atom stereocenters. The summed E-state index contributed by atoms with van der Waals surface area (Å²) in [7, 11) is 0. The number of ether oxygens (including phenoxy) is 1. The largest absolute Gasteiger partial charge is 0.462 e. The molecule has 0 saturated heterocycles. The molecule has 134 valence electrons. The Morgan fingerprint density at radius 2 is 1.69 bits per heavy atom. The van der Waals surface area contributed by atoms with Crippen LogP contribution in [0.3, 0.4) is 0 Å². The van der Waals surface area contributed by atoms with Gasteiger partial charge in [-0.05, 0) is 60.2 Å². The summed E-state index contributed by atoms with van der Waals surface area (Å²) in [6.45, 7) is 0. The van der Waals surface area contributed by atoms with Crippen LogP contribution in [0.2, 0.25) is 0 Å². The molecule has 2 aliphatic rings. The molecule has 6 heteroatoms. The van der Waals surface area contributed by atoms with Crippen LogP contribution in [0.25, 0.3) is 0 Å². The molecule has 4 rings (SSSR count). The zero-order chi connectivity index (χ0) is 18.1. The fraction of sp³-hybridized carbons (Fsp3) is 0.350. The van der Waals surface area contributed by atoms with Gasteiger partial charge >= 0.3 is 5.97 Å². The number of carbonyl (C=O) groups excluding carboxylic acids is 3. The molecule has 2 aromatic rings. The van der Waals surface area contributed by atoms with Crippen LogP contribution in [-0.4, -0.2) is 34.8 Å². The first-order chi connectivity index (χ1) is 12.6. The molecule has 1 aliphatic heterocycles. The molecule has 1 aromatic heterocycles. The summed E-state index contributed by atoms with van der Waals surface area (Å²) in [5.41, 5.74) is 1.95. The zero-order valence-corrected chi connectivity index (χ0v) is 15.0. The van der Waals surface area contributed by atoms with Crippen molar-refractivity contribution in [3.8, 4) is 0 Å². The number of carbonyl (C=O) groups is 3. The number of fused-ring (bicyclic) bond motifs is 1. The second-order valence-corrected chi connectivity index (χ2v) is 7.53. The van der Waals surface area contributed by atoms with Crippen LogP contribution in [0.15, 0.2) is 41.1 Å². The van der Waals surface area contributed by atoms with Crippen LogP contribution < -0.4 is 0 Å². The van der Waals surface area contributed by atoms with Gasteiger partial charge in [-0.3, -0.25) is 19.3 Å². The summed E-state index contributed by atoms with van der Waals surface area (Å²) in [6, 6.07) is 8.76. The standard InChI is InChI=1S/C20H19NO4S/c22-18(11-13-9-10-26-12-13)25-15-7-5-14(6-8-15)21-19(23)16-3-1-2-4-17(16)20(21)24/h1-4,9-10,12,14-15H,5-8,11H2. The third kappa shape index (κ3) is 3.17. The number of nitrogens with zero attached hydrogens (tertiary/aromatic N) is 1. The van der Waals surface area contributed by atoms with E-state index < -0.39 is 0 Å². The lowest BCUT2D eigenvalue weighted by atomic mass is 9.91. The van der Waals surface area contributed by atoms with Gasteiger partial charge in [0.2, 0.25) is 0 Å². The number of imide groups is 1. The van der Waals surface area contributed by atoms with E-state index in [0.29, 0.717) is 43.2 Å². The lowest BCUT2D eigenvalue weighted by molar-refractivity contribution is -0.150. The molecule has 1 aliphatic carbocycles. The topological polar surface area (TPSA) is 63.7 Å². The highest BCUT2D eigenvalue weighted by molar-refractivity contribution is 7.08. The Morgan fingerprint density at radius 3 is 2.27 bits per heavy atom. The summed E-state index contributed by atoms with van der Waals surface area (Å²) < 4.78 is 5.57. The molecule has 2 amide bonds. The minimum Gasteiger partial charge on any atom is -0.462 e. The smallest absolute Gasteiger partial charge is 0.310 e. The number of thiophene rings is 1. The quantitative estimate of drug-likeness (QED) is 0.612. The number of benzene rings is 1. The molecule has 5 nitrogen and oxygen atoms in total. The SMILES string of the molecule is O=C(Cc1ccsc1)OC1CCC(N2C(=O)c3ccccc3C2=O)CC1. The van der Waals surface area contributed by atoms with Crippen molar-refractivity contribution in [2.24, 2.45) is 0 Å². The number of amides is 2. The predicted octanol–water partition coefficient (Wildman–Crippen LogP) is 3.44. The highest BCUT2D eigenvalue weighted by atomic mass is 32.1. The second kappa shape index (κ2) is 7.03. The number of esters is 1. The molecule has 1 saturated carbocycles. The van der Waals surface area contributed by atoms with Gasteiger partial charge in [-0.15, -0.1) is 0 Å². The van der Waals surface area contributed by atoms with Crippen LogP contribution in [0.4, 0.5) is 0 Å². The third-order valence-electron chi connectivity index (χ3n) is 5.06. The van der Waals surface area contributed by atoms with Crippen LogP contribution in [0, 0.1) is 0 Å². The molecule has 0 spiro atoms. The van der Waals surface area contributed by atoms with E-state index in [1.807, 2.05) is 16.8 Å². The molecule has 0 N–H and O–H groups in total. The zero-order valence-electron chi connectivity index (χ0n) is 14.2. The lowest BCUT2D eigenvalue weighted by Crippen LogP contribution is -2.43. The second-order valence-electron chi connectivity index (χ2n) is 6.75. The van der Waals surface area contributed by atoms with Gasteiger partial charge in [0.05, 0.1) is 17.5 Å². The van der Waals surface area contributed by atoms with Crippen molar-refractivity contribution in [2.45, 2.75) is 44.2 Å². The normalized spacial score (nSPS) is 22.4. The van der Waals surface area contributed by atoms with Gasteiger partial charge in [-0.2, -0.15) is 11.3 Å². The highest BCUT2D eigenvalue weighted by Gasteiger charge is 2.41. The van der Waals surface area contributed by atoms with Gasteiger partial charge in [0.1, 0.15) is 6.10 Å². The Balaban J connectivity index is 1.33. The molecule has 1 aromatic carbocycles. The molecular formula is C20H19NO4S. The van der Waals surface area contributed by atoms with Crippen LogP contribution >= 0.6 is 11.3 Å². The average molecular weight is 369 g/mol. The van der Waals surface area contributed by atoms with E-state index in [4.69, 9.17) is 4.74 Å². The fourth-order valence-electron chi connectivity index (χ4n) is 3.75. The van der Waals surface area contributed by atoms with Crippen molar-refractivity contribution in [3.05, 3.63) is 57.8 Å². The maximum Gasteiger partial charge on any atom is 0.310 e. The average Bonchev–Trinajstić information content (AvgIpc) is 3.24. The van der Waals surface area contributed by atoms with Gasteiger partial charge in [-0.1, -0.05) is 12.1 Å². The van der Waals surface area contributed by atoms with Gasteiger partial charge in [0.25, 0.3) is 11.8 Å². The third-order valence-corrected chi connectivity index (χ3v) is 5.79.